The van der Waals surface area contributed by atoms with Gasteiger partial charge in [-0.3, -0.25) is 4.79 Å². The first-order valence-electron chi connectivity index (χ1n) is 13.1. The van der Waals surface area contributed by atoms with Crippen LogP contribution in [0.2, 0.25) is 0 Å². The lowest BCUT2D eigenvalue weighted by Gasteiger charge is -2.22. The predicted octanol–water partition coefficient (Wildman–Crippen LogP) is 3.23. The molecule has 2 bridgehead atoms. The van der Waals surface area contributed by atoms with Crippen LogP contribution in [0.4, 0.5) is 0 Å². The zero-order valence-corrected chi connectivity index (χ0v) is 23.7. The lowest BCUT2D eigenvalue weighted by atomic mass is 9.94. The zero-order valence-electron chi connectivity index (χ0n) is 22.1. The maximum absolute atomic E-state index is 13.2. The number of nitrogens with one attached hydrogen (secondary N) is 2. The van der Waals surface area contributed by atoms with E-state index in [1.807, 2.05) is 0 Å². The van der Waals surface area contributed by atoms with Gasteiger partial charge in [0.1, 0.15) is 5.71 Å². The van der Waals surface area contributed by atoms with Crippen molar-refractivity contribution in [3.05, 3.63) is 47.5 Å². The van der Waals surface area contributed by atoms with Crippen LogP contribution >= 0.6 is 0 Å². The molecule has 5 rings (SSSR count). The molecule has 210 valence electrons. The van der Waals surface area contributed by atoms with E-state index >= 15 is 0 Å². The normalized spacial score (nSPS) is 23.2. The number of esters is 1. The van der Waals surface area contributed by atoms with Gasteiger partial charge in [0.2, 0.25) is 20.0 Å². The second-order valence-corrected chi connectivity index (χ2v) is 14.7. The molecule has 0 radical (unpaired) electrons. The standard InChI is InChI=1S/C27H33N3O7S2/c1-4-37-26(31)27(2,3)15-28-38(33,34)18-7-9-20-21-10-8-19(14-23(21)25(29-32)22(20)13-18)39(35,36)30-24-12-16-5-6-17(24)11-16/h7-10,13-14,16-17,24,28,30,32H,4-6,11-12,15H2,1-3H3. The fourth-order valence-corrected chi connectivity index (χ4v) is 8.49. The summed E-state index contributed by atoms with van der Waals surface area (Å²) in [6.45, 7) is 4.85. The second kappa shape index (κ2) is 9.99. The molecule has 3 atom stereocenters. The monoisotopic (exact) mass is 575 g/mol. The summed E-state index contributed by atoms with van der Waals surface area (Å²) >= 11 is 0. The average Bonchev–Trinajstić information content (AvgIpc) is 3.59. The molecular weight excluding hydrogens is 542 g/mol. The number of fused-ring (bicyclic) bond motifs is 5. The topological polar surface area (TPSA) is 151 Å². The van der Waals surface area contributed by atoms with E-state index in [2.05, 4.69) is 14.6 Å². The molecule has 39 heavy (non-hydrogen) atoms. The minimum atomic E-state index is -4.03. The van der Waals surface area contributed by atoms with Crippen molar-refractivity contribution in [2.24, 2.45) is 22.4 Å². The lowest BCUT2D eigenvalue weighted by Crippen LogP contribution is -2.40. The molecular formula is C27H33N3O7S2. The molecule has 3 N–H and O–H groups in total. The molecule has 3 aliphatic carbocycles. The van der Waals surface area contributed by atoms with Crippen molar-refractivity contribution in [1.29, 1.82) is 0 Å². The Balaban J connectivity index is 1.39. The summed E-state index contributed by atoms with van der Waals surface area (Å²) < 4.78 is 63.0. The highest BCUT2D eigenvalue weighted by molar-refractivity contribution is 7.89. The Hall–Kier alpha value is -2.80. The van der Waals surface area contributed by atoms with Gasteiger partial charge in [-0.15, -0.1) is 0 Å². The van der Waals surface area contributed by atoms with Crippen molar-refractivity contribution in [1.82, 2.24) is 9.44 Å². The smallest absolute Gasteiger partial charge is 0.312 e. The second-order valence-electron chi connectivity index (χ2n) is 11.2. The van der Waals surface area contributed by atoms with Crippen LogP contribution in [-0.2, 0) is 29.6 Å². The van der Waals surface area contributed by atoms with Gasteiger partial charge in [-0.05, 0) is 87.3 Å². The van der Waals surface area contributed by atoms with Gasteiger partial charge >= 0.3 is 5.97 Å². The number of sulfonamides is 2. The van der Waals surface area contributed by atoms with Gasteiger partial charge in [0.05, 0.1) is 21.8 Å². The molecule has 0 spiro atoms. The minimum absolute atomic E-state index is 0.0636. The molecule has 0 heterocycles. The molecule has 0 amide bonds. The van der Waals surface area contributed by atoms with Crippen molar-refractivity contribution in [3.8, 4) is 11.1 Å². The number of ether oxygens (including phenoxy) is 1. The molecule has 2 fully saturated rings. The molecule has 2 aromatic rings. The van der Waals surface area contributed by atoms with E-state index in [0.717, 1.165) is 25.7 Å². The maximum Gasteiger partial charge on any atom is 0.312 e. The maximum atomic E-state index is 13.2. The summed E-state index contributed by atoms with van der Waals surface area (Å²) in [5.41, 5.74) is 1.01. The predicted molar refractivity (Wildman–Crippen MR) is 144 cm³/mol. The third-order valence-corrected chi connectivity index (χ3v) is 11.0. The van der Waals surface area contributed by atoms with Crippen molar-refractivity contribution < 1.29 is 31.6 Å². The Morgan fingerprint density at radius 1 is 0.974 bits per heavy atom. The molecule has 12 heteroatoms. The van der Waals surface area contributed by atoms with Crippen molar-refractivity contribution >= 4 is 31.7 Å². The van der Waals surface area contributed by atoms with Crippen molar-refractivity contribution in [3.63, 3.8) is 0 Å². The number of hydrogen-bond acceptors (Lipinski definition) is 8. The van der Waals surface area contributed by atoms with E-state index in [-0.39, 0.29) is 34.7 Å². The van der Waals surface area contributed by atoms with E-state index < -0.39 is 31.4 Å². The van der Waals surface area contributed by atoms with E-state index in [4.69, 9.17) is 4.74 Å². The molecule has 2 saturated carbocycles. The van der Waals surface area contributed by atoms with Crippen molar-refractivity contribution in [2.75, 3.05) is 13.2 Å². The number of nitrogens with zero attached hydrogens (tertiary/aromatic N) is 1. The van der Waals surface area contributed by atoms with Crippen LogP contribution in [0.3, 0.4) is 0 Å². The lowest BCUT2D eigenvalue weighted by molar-refractivity contribution is -0.152. The van der Waals surface area contributed by atoms with Crippen LogP contribution in [0, 0.1) is 17.3 Å². The fraction of sp³-hybridized carbons (Fsp3) is 0.481. The average molecular weight is 576 g/mol. The van der Waals surface area contributed by atoms with Gasteiger partial charge in [-0.1, -0.05) is 23.7 Å². The van der Waals surface area contributed by atoms with E-state index in [1.54, 1.807) is 32.9 Å². The Kier molecular flexibility index (Phi) is 7.11. The summed E-state index contributed by atoms with van der Waals surface area (Å²) in [5.74, 6) is 0.434. The SMILES string of the molecule is CCOC(=O)C(C)(C)CNS(=O)(=O)c1ccc2c(c1)C(=NO)c1cc(S(=O)(=O)NC3CC4CCC3C4)ccc1-2. The zero-order chi connectivity index (χ0) is 28.2. The highest BCUT2D eigenvalue weighted by atomic mass is 32.2. The molecule has 0 aromatic heterocycles. The molecule has 0 saturated heterocycles. The third kappa shape index (κ3) is 5.10. The van der Waals surface area contributed by atoms with E-state index in [0.29, 0.717) is 34.1 Å². The Bertz CT molecular complexity index is 1570. The first-order chi connectivity index (χ1) is 18.4. The molecule has 3 aliphatic rings. The van der Waals surface area contributed by atoms with Crippen LogP contribution < -0.4 is 9.44 Å². The highest BCUT2D eigenvalue weighted by Gasteiger charge is 2.41. The van der Waals surface area contributed by atoms with Gasteiger partial charge in [0.15, 0.2) is 0 Å². The summed E-state index contributed by atoms with van der Waals surface area (Å²) in [6.07, 6.45) is 4.12. The number of hydrogen-bond donors (Lipinski definition) is 3. The first-order valence-corrected chi connectivity index (χ1v) is 16.0. The summed E-state index contributed by atoms with van der Waals surface area (Å²) in [4.78, 5) is 12.1. The number of carbonyl (C=O) groups excluding carboxylic acids is 1. The summed E-state index contributed by atoms with van der Waals surface area (Å²) in [7, 11) is -7.83. The first kappa shape index (κ1) is 27.8. The Labute approximate surface area is 228 Å². The van der Waals surface area contributed by atoms with Crippen LogP contribution in [0.5, 0.6) is 0 Å². The van der Waals surface area contributed by atoms with E-state index in [9.17, 15) is 26.8 Å². The number of benzene rings is 2. The quantitative estimate of drug-likeness (QED) is 0.201. The number of rotatable bonds is 9. The Morgan fingerprint density at radius 3 is 2.10 bits per heavy atom. The van der Waals surface area contributed by atoms with Crippen molar-refractivity contribution in [2.45, 2.75) is 62.3 Å². The summed E-state index contributed by atoms with van der Waals surface area (Å²) in [6, 6.07) is 8.96. The molecule has 2 aromatic carbocycles. The van der Waals surface area contributed by atoms with Gasteiger partial charge in [0, 0.05) is 23.7 Å². The van der Waals surface area contributed by atoms with Crippen LogP contribution in [0.15, 0.2) is 51.3 Å². The van der Waals surface area contributed by atoms with Crippen LogP contribution in [0.25, 0.3) is 11.1 Å². The minimum Gasteiger partial charge on any atom is -0.466 e. The Morgan fingerprint density at radius 2 is 1.59 bits per heavy atom. The third-order valence-electron chi connectivity index (χ3n) is 8.08. The number of carbonyl (C=O) groups is 1. The fourth-order valence-electron chi connectivity index (χ4n) is 5.91. The number of oxime groups is 1. The van der Waals surface area contributed by atoms with Gasteiger partial charge in [-0.2, -0.15) is 0 Å². The van der Waals surface area contributed by atoms with Gasteiger partial charge in [0.25, 0.3) is 0 Å². The molecule has 10 nitrogen and oxygen atoms in total. The van der Waals surface area contributed by atoms with E-state index in [1.165, 1.54) is 24.3 Å². The summed E-state index contributed by atoms with van der Waals surface area (Å²) in [5, 5.41) is 13.3. The van der Waals surface area contributed by atoms with Gasteiger partial charge in [-0.25, -0.2) is 26.3 Å². The highest BCUT2D eigenvalue weighted by Crippen LogP contribution is 2.45. The van der Waals surface area contributed by atoms with Crippen LogP contribution in [-0.4, -0.2) is 52.9 Å². The molecule has 0 aliphatic heterocycles. The van der Waals surface area contributed by atoms with Crippen LogP contribution in [0.1, 0.15) is 57.6 Å². The molecule has 3 unspecified atom stereocenters. The largest absolute Gasteiger partial charge is 0.466 e. The van der Waals surface area contributed by atoms with Gasteiger partial charge < -0.3 is 9.94 Å².